The minimum Gasteiger partial charge on any atom is -0.469 e. The van der Waals surface area contributed by atoms with Crippen LogP contribution in [0.1, 0.15) is 11.5 Å². The summed E-state index contributed by atoms with van der Waals surface area (Å²) in [6.07, 6.45) is 1.69. The van der Waals surface area contributed by atoms with Crippen LogP contribution < -0.4 is 0 Å². The van der Waals surface area contributed by atoms with Crippen molar-refractivity contribution in [3.63, 3.8) is 0 Å². The smallest absolute Gasteiger partial charge is 0.178 e. The van der Waals surface area contributed by atoms with Crippen molar-refractivity contribution in [3.8, 4) is 11.4 Å². The van der Waals surface area contributed by atoms with E-state index in [2.05, 4.69) is 15.0 Å². The highest BCUT2D eigenvalue weighted by molar-refractivity contribution is 5.75. The predicted molar refractivity (Wildman–Crippen MR) is 61.1 cm³/mol. The lowest BCUT2D eigenvalue weighted by Gasteiger charge is -1.88. The van der Waals surface area contributed by atoms with Gasteiger partial charge in [-0.15, -0.1) is 0 Å². The number of rotatable bonds is 1. The van der Waals surface area contributed by atoms with Gasteiger partial charge in [-0.2, -0.15) is 0 Å². The molecule has 4 nitrogen and oxygen atoms in total. The highest BCUT2D eigenvalue weighted by Crippen LogP contribution is 2.21. The molecule has 0 aliphatic heterocycles. The van der Waals surface area contributed by atoms with Crippen LogP contribution in [-0.4, -0.2) is 15.0 Å². The fourth-order valence-electron chi connectivity index (χ4n) is 1.69. The van der Waals surface area contributed by atoms with Crippen LogP contribution in [0, 0.1) is 13.8 Å². The number of nitrogens with one attached hydrogen (secondary N) is 1. The lowest BCUT2D eigenvalue weighted by Crippen LogP contribution is -1.80. The standard InChI is InChI=1S/C12H11N3O/c1-7-3-4-10-12(13-7)15-11(14-10)9-5-8(2)16-6-9/h3-6H,1-2H3,(H,13,14,15). The van der Waals surface area contributed by atoms with Crippen LogP contribution in [0.5, 0.6) is 0 Å². The maximum atomic E-state index is 5.26. The van der Waals surface area contributed by atoms with Gasteiger partial charge in [-0.25, -0.2) is 9.97 Å². The maximum absolute atomic E-state index is 5.26. The Morgan fingerprint density at radius 3 is 2.81 bits per heavy atom. The summed E-state index contributed by atoms with van der Waals surface area (Å²) < 4.78 is 5.26. The second-order valence-electron chi connectivity index (χ2n) is 3.86. The summed E-state index contributed by atoms with van der Waals surface area (Å²) in [6.45, 7) is 3.87. The molecule has 3 aromatic rings. The van der Waals surface area contributed by atoms with Crippen LogP contribution in [0.2, 0.25) is 0 Å². The number of hydrogen-bond donors (Lipinski definition) is 1. The van der Waals surface area contributed by atoms with Gasteiger partial charge in [-0.1, -0.05) is 0 Å². The number of aryl methyl sites for hydroxylation is 2. The van der Waals surface area contributed by atoms with Crippen molar-refractivity contribution in [2.75, 3.05) is 0 Å². The minimum absolute atomic E-state index is 0.744. The van der Waals surface area contributed by atoms with Gasteiger partial charge in [0.25, 0.3) is 0 Å². The Hall–Kier alpha value is -2.10. The van der Waals surface area contributed by atoms with Crippen LogP contribution in [0.3, 0.4) is 0 Å². The molecule has 0 spiro atoms. The van der Waals surface area contributed by atoms with E-state index in [1.165, 1.54) is 0 Å². The van der Waals surface area contributed by atoms with Gasteiger partial charge >= 0.3 is 0 Å². The van der Waals surface area contributed by atoms with Crippen molar-refractivity contribution in [3.05, 3.63) is 35.9 Å². The van der Waals surface area contributed by atoms with Gasteiger partial charge in [0, 0.05) is 5.69 Å². The Balaban J connectivity index is 2.18. The highest BCUT2D eigenvalue weighted by atomic mass is 16.3. The van der Waals surface area contributed by atoms with Crippen LogP contribution in [0.15, 0.2) is 28.9 Å². The molecule has 0 aromatic carbocycles. The van der Waals surface area contributed by atoms with Gasteiger partial charge in [0.2, 0.25) is 0 Å². The fraction of sp³-hybridized carbons (Fsp3) is 0.167. The Kier molecular flexibility index (Phi) is 1.83. The average molecular weight is 213 g/mol. The molecule has 0 saturated carbocycles. The van der Waals surface area contributed by atoms with E-state index in [0.29, 0.717) is 0 Å². The third kappa shape index (κ3) is 1.39. The van der Waals surface area contributed by atoms with Crippen LogP contribution in [0.25, 0.3) is 22.6 Å². The third-order valence-electron chi connectivity index (χ3n) is 2.49. The molecule has 16 heavy (non-hydrogen) atoms. The average Bonchev–Trinajstić information content (AvgIpc) is 2.83. The van der Waals surface area contributed by atoms with Crippen LogP contribution >= 0.6 is 0 Å². The molecule has 0 bridgehead atoms. The zero-order valence-electron chi connectivity index (χ0n) is 9.11. The Labute approximate surface area is 92.3 Å². The monoisotopic (exact) mass is 213 g/mol. The van der Waals surface area contributed by atoms with E-state index in [9.17, 15) is 0 Å². The van der Waals surface area contributed by atoms with Gasteiger partial charge in [0.1, 0.15) is 17.8 Å². The molecule has 3 rings (SSSR count). The van der Waals surface area contributed by atoms with Crippen molar-refractivity contribution in [1.29, 1.82) is 0 Å². The van der Waals surface area contributed by atoms with Crippen molar-refractivity contribution >= 4 is 11.2 Å². The number of fused-ring (bicyclic) bond motifs is 1. The van der Waals surface area contributed by atoms with E-state index in [1.54, 1.807) is 6.26 Å². The molecule has 0 fully saturated rings. The number of pyridine rings is 1. The number of hydrogen-bond acceptors (Lipinski definition) is 3. The topological polar surface area (TPSA) is 54.7 Å². The quantitative estimate of drug-likeness (QED) is 0.676. The number of nitrogens with zero attached hydrogens (tertiary/aromatic N) is 2. The number of aromatic amines is 1. The highest BCUT2D eigenvalue weighted by Gasteiger charge is 2.08. The van der Waals surface area contributed by atoms with Gasteiger partial charge < -0.3 is 9.40 Å². The van der Waals surface area contributed by atoms with Gasteiger partial charge in [-0.3, -0.25) is 0 Å². The first kappa shape index (κ1) is 9.15. The van der Waals surface area contributed by atoms with Crippen molar-refractivity contribution in [1.82, 2.24) is 15.0 Å². The number of furan rings is 1. The van der Waals surface area contributed by atoms with Gasteiger partial charge in [-0.05, 0) is 32.0 Å². The second kappa shape index (κ2) is 3.20. The lowest BCUT2D eigenvalue weighted by molar-refractivity contribution is 0.535. The molecule has 0 aliphatic rings. The molecule has 0 aliphatic carbocycles. The van der Waals surface area contributed by atoms with Crippen molar-refractivity contribution < 1.29 is 4.42 Å². The molecule has 0 amide bonds. The Morgan fingerprint density at radius 2 is 2.06 bits per heavy atom. The van der Waals surface area contributed by atoms with E-state index in [1.807, 2.05) is 32.0 Å². The van der Waals surface area contributed by atoms with E-state index < -0.39 is 0 Å². The first-order valence-electron chi connectivity index (χ1n) is 5.11. The summed E-state index contributed by atoms with van der Waals surface area (Å²) in [7, 11) is 0. The minimum atomic E-state index is 0.744. The van der Waals surface area contributed by atoms with E-state index in [4.69, 9.17) is 4.42 Å². The second-order valence-corrected chi connectivity index (χ2v) is 3.86. The van der Waals surface area contributed by atoms with E-state index in [0.717, 1.165) is 34.0 Å². The zero-order chi connectivity index (χ0) is 11.1. The normalized spacial score (nSPS) is 11.1. The molecule has 4 heteroatoms. The molecule has 0 radical (unpaired) electrons. The molecule has 0 unspecified atom stereocenters. The molecule has 80 valence electrons. The number of imidazole rings is 1. The Bertz CT molecular complexity index is 651. The summed E-state index contributed by atoms with van der Waals surface area (Å²) in [5, 5.41) is 0. The summed E-state index contributed by atoms with van der Waals surface area (Å²) in [4.78, 5) is 12.0. The first-order valence-corrected chi connectivity index (χ1v) is 5.11. The van der Waals surface area contributed by atoms with Gasteiger partial charge in [0.05, 0.1) is 11.1 Å². The van der Waals surface area contributed by atoms with Crippen LogP contribution in [-0.2, 0) is 0 Å². The zero-order valence-corrected chi connectivity index (χ0v) is 9.11. The third-order valence-corrected chi connectivity index (χ3v) is 2.49. The Morgan fingerprint density at radius 1 is 1.19 bits per heavy atom. The lowest BCUT2D eigenvalue weighted by atomic mass is 10.3. The van der Waals surface area contributed by atoms with E-state index in [-0.39, 0.29) is 0 Å². The largest absolute Gasteiger partial charge is 0.469 e. The molecule has 3 heterocycles. The molecular weight excluding hydrogens is 202 g/mol. The molecule has 0 saturated heterocycles. The summed E-state index contributed by atoms with van der Waals surface area (Å²) in [5.41, 5.74) is 3.61. The summed E-state index contributed by atoms with van der Waals surface area (Å²) in [5.74, 6) is 1.67. The first-order chi connectivity index (χ1) is 7.72. The van der Waals surface area contributed by atoms with Gasteiger partial charge in [0.15, 0.2) is 5.65 Å². The summed E-state index contributed by atoms with van der Waals surface area (Å²) in [6, 6.07) is 5.90. The molecule has 0 atom stereocenters. The van der Waals surface area contributed by atoms with Crippen molar-refractivity contribution in [2.24, 2.45) is 0 Å². The SMILES string of the molecule is Cc1ccc2[nH]c(-c3coc(C)c3)nc2n1. The predicted octanol–water partition coefficient (Wildman–Crippen LogP) is 2.83. The molecule has 1 N–H and O–H groups in total. The maximum Gasteiger partial charge on any atom is 0.178 e. The molecular formula is C12H11N3O. The fourth-order valence-corrected chi connectivity index (χ4v) is 1.69. The van der Waals surface area contributed by atoms with Crippen molar-refractivity contribution in [2.45, 2.75) is 13.8 Å². The summed E-state index contributed by atoms with van der Waals surface area (Å²) >= 11 is 0. The van der Waals surface area contributed by atoms with E-state index >= 15 is 0 Å². The number of H-pyrrole nitrogens is 1. The number of aromatic nitrogens is 3. The van der Waals surface area contributed by atoms with Crippen LogP contribution in [0.4, 0.5) is 0 Å². The molecule has 3 aromatic heterocycles.